The van der Waals surface area contributed by atoms with E-state index in [-0.39, 0.29) is 12.2 Å². The minimum absolute atomic E-state index is 0.200. The van der Waals surface area contributed by atoms with Crippen LogP contribution in [0.5, 0.6) is 0 Å². The van der Waals surface area contributed by atoms with Crippen molar-refractivity contribution >= 4 is 19.0 Å². The van der Waals surface area contributed by atoms with Gasteiger partial charge in [-0.25, -0.2) is 8.78 Å². The van der Waals surface area contributed by atoms with E-state index in [0.29, 0.717) is 23.1 Å². The maximum Gasteiger partial charge on any atom is 0.131 e. The van der Waals surface area contributed by atoms with Crippen molar-refractivity contribution < 1.29 is 13.5 Å². The molecule has 0 saturated carbocycles. The van der Waals surface area contributed by atoms with Gasteiger partial charge >= 0.3 is 0 Å². The third-order valence-corrected chi connectivity index (χ3v) is 4.15. The molecule has 1 aliphatic heterocycles. The fourth-order valence-corrected chi connectivity index (χ4v) is 2.90. The number of aryl methyl sites for hydroxylation is 1. The maximum atomic E-state index is 13.9. The molecule has 2 unspecified atom stereocenters. The Morgan fingerprint density at radius 1 is 1.09 bits per heavy atom. The Balaban J connectivity index is 1.84. The molecule has 1 fully saturated rings. The molecule has 3 rings (SSSR count). The molecule has 2 atom stereocenters. The van der Waals surface area contributed by atoms with Crippen LogP contribution < -0.4 is 11.2 Å². The molecule has 1 aliphatic rings. The number of hydrogen-bond acceptors (Lipinski definition) is 2. The van der Waals surface area contributed by atoms with Gasteiger partial charge in [-0.1, -0.05) is 17.6 Å². The number of hydrogen-bond donors (Lipinski definition) is 1. The van der Waals surface area contributed by atoms with Gasteiger partial charge in [0.05, 0.1) is 12.2 Å². The first-order chi connectivity index (χ1) is 10.5. The second kappa shape index (κ2) is 5.73. The van der Waals surface area contributed by atoms with E-state index in [1.807, 2.05) is 13.0 Å². The molecule has 2 nitrogen and oxygen atoms in total. The van der Waals surface area contributed by atoms with E-state index < -0.39 is 11.6 Å². The second-order valence-electron chi connectivity index (χ2n) is 5.69. The molecule has 112 valence electrons. The quantitative estimate of drug-likeness (QED) is 0.682. The zero-order valence-electron chi connectivity index (χ0n) is 12.3. The Morgan fingerprint density at radius 2 is 1.77 bits per heavy atom. The molecule has 2 radical (unpaired) electrons. The van der Waals surface area contributed by atoms with Gasteiger partial charge in [0.15, 0.2) is 0 Å². The molecule has 2 aromatic carbocycles. The second-order valence-corrected chi connectivity index (χ2v) is 5.69. The van der Waals surface area contributed by atoms with E-state index in [4.69, 9.17) is 18.3 Å². The van der Waals surface area contributed by atoms with Crippen molar-refractivity contribution in [3.8, 4) is 0 Å². The number of nitrogens with two attached hydrogens (primary N) is 1. The van der Waals surface area contributed by atoms with Gasteiger partial charge in [-0.3, -0.25) is 0 Å². The van der Waals surface area contributed by atoms with Crippen LogP contribution in [0.25, 0.3) is 0 Å². The average molecular weight is 299 g/mol. The van der Waals surface area contributed by atoms with E-state index in [1.54, 1.807) is 6.07 Å². The highest BCUT2D eigenvalue weighted by Crippen LogP contribution is 2.41. The average Bonchev–Trinajstić information content (AvgIpc) is 2.92. The lowest BCUT2D eigenvalue weighted by molar-refractivity contribution is 0.0426. The molecule has 1 saturated heterocycles. The molecule has 0 bridgehead atoms. The number of rotatable bonds is 2. The summed E-state index contributed by atoms with van der Waals surface area (Å²) in [5, 5.41) is 0. The zero-order valence-corrected chi connectivity index (χ0v) is 12.3. The summed E-state index contributed by atoms with van der Waals surface area (Å²) in [5.41, 5.74) is 9.24. The fourth-order valence-electron chi connectivity index (χ4n) is 2.90. The number of ether oxygens (including phenoxy) is 1. The van der Waals surface area contributed by atoms with E-state index in [9.17, 15) is 8.78 Å². The standard InChI is InChI=1S/C17H16BF2NO/c1-9-6-12(13(18)8-15(9)21)17-5-4-16(22-17)11-3-2-10(19)7-14(11)20/h2-3,6-8,16-17H,4-5,21H2,1H3. The Hall–Kier alpha value is -1.88. The van der Waals surface area contributed by atoms with Crippen LogP contribution in [0, 0.1) is 18.6 Å². The van der Waals surface area contributed by atoms with Crippen LogP contribution in [0.4, 0.5) is 14.5 Å². The van der Waals surface area contributed by atoms with Gasteiger partial charge in [-0.2, -0.15) is 0 Å². The van der Waals surface area contributed by atoms with Gasteiger partial charge in [-0.05, 0) is 43.0 Å². The van der Waals surface area contributed by atoms with E-state index in [0.717, 1.165) is 23.6 Å². The highest BCUT2D eigenvalue weighted by Gasteiger charge is 2.30. The normalized spacial score (nSPS) is 21.2. The summed E-state index contributed by atoms with van der Waals surface area (Å²) in [6.45, 7) is 1.91. The van der Waals surface area contributed by atoms with E-state index in [1.165, 1.54) is 12.1 Å². The first-order valence-corrected chi connectivity index (χ1v) is 7.21. The summed E-state index contributed by atoms with van der Waals surface area (Å²) >= 11 is 0. The Labute approximate surface area is 129 Å². The lowest BCUT2D eigenvalue weighted by Crippen LogP contribution is -2.16. The predicted octanol–water partition coefficient (Wildman–Crippen LogP) is 3.24. The van der Waals surface area contributed by atoms with Gasteiger partial charge in [0.1, 0.15) is 19.5 Å². The molecular weight excluding hydrogens is 283 g/mol. The molecule has 5 heteroatoms. The largest absolute Gasteiger partial charge is 0.399 e. The van der Waals surface area contributed by atoms with Crippen LogP contribution in [-0.2, 0) is 4.74 Å². The smallest absolute Gasteiger partial charge is 0.131 e. The van der Waals surface area contributed by atoms with Crippen molar-refractivity contribution in [2.75, 3.05) is 5.73 Å². The van der Waals surface area contributed by atoms with Crippen LogP contribution >= 0.6 is 0 Å². The summed E-state index contributed by atoms with van der Waals surface area (Å²) in [6, 6.07) is 7.21. The van der Waals surface area contributed by atoms with Crippen LogP contribution in [0.3, 0.4) is 0 Å². The Bertz CT molecular complexity index is 720. The fraction of sp³-hybridized carbons (Fsp3) is 0.294. The molecule has 22 heavy (non-hydrogen) atoms. The van der Waals surface area contributed by atoms with Crippen LogP contribution in [0.1, 0.15) is 41.7 Å². The van der Waals surface area contributed by atoms with Gasteiger partial charge in [0.25, 0.3) is 0 Å². The summed E-state index contributed by atoms with van der Waals surface area (Å²) in [6.07, 6.45) is 0.808. The van der Waals surface area contributed by atoms with Crippen LogP contribution in [0.15, 0.2) is 30.3 Å². The highest BCUT2D eigenvalue weighted by atomic mass is 19.1. The Kier molecular flexibility index (Phi) is 3.91. The van der Waals surface area contributed by atoms with E-state index >= 15 is 0 Å². The lowest BCUT2D eigenvalue weighted by Gasteiger charge is -2.18. The molecule has 0 spiro atoms. The molecular formula is C17H16BF2NO. The van der Waals surface area contributed by atoms with Crippen molar-refractivity contribution in [3.05, 3.63) is 58.7 Å². The highest BCUT2D eigenvalue weighted by molar-refractivity contribution is 6.33. The van der Waals surface area contributed by atoms with Crippen molar-refractivity contribution in [1.82, 2.24) is 0 Å². The Morgan fingerprint density at radius 3 is 2.45 bits per heavy atom. The first-order valence-electron chi connectivity index (χ1n) is 7.21. The van der Waals surface area contributed by atoms with Gasteiger partial charge in [0.2, 0.25) is 0 Å². The maximum absolute atomic E-state index is 13.9. The van der Waals surface area contributed by atoms with Crippen molar-refractivity contribution in [2.45, 2.75) is 32.0 Å². The van der Waals surface area contributed by atoms with Gasteiger partial charge in [0, 0.05) is 17.3 Å². The monoisotopic (exact) mass is 299 g/mol. The van der Waals surface area contributed by atoms with Crippen LogP contribution in [-0.4, -0.2) is 7.85 Å². The summed E-state index contributed by atoms with van der Waals surface area (Å²) in [4.78, 5) is 0. The number of nitrogen functional groups attached to an aromatic ring is 1. The number of halogens is 2. The molecule has 1 heterocycles. The lowest BCUT2D eigenvalue weighted by atomic mass is 9.85. The number of benzene rings is 2. The first kappa shape index (κ1) is 15.0. The molecule has 0 aromatic heterocycles. The number of anilines is 1. The topological polar surface area (TPSA) is 35.2 Å². The third-order valence-electron chi connectivity index (χ3n) is 4.15. The van der Waals surface area contributed by atoms with Crippen molar-refractivity contribution in [2.24, 2.45) is 0 Å². The molecule has 2 N–H and O–H groups in total. The van der Waals surface area contributed by atoms with Crippen molar-refractivity contribution in [1.29, 1.82) is 0 Å². The minimum Gasteiger partial charge on any atom is -0.399 e. The van der Waals surface area contributed by atoms with Gasteiger partial charge < -0.3 is 10.5 Å². The SMILES string of the molecule is [B]c1cc(N)c(C)cc1C1CCC(c2ccc(F)cc2F)O1. The summed E-state index contributed by atoms with van der Waals surface area (Å²) in [5.74, 6) is -1.17. The zero-order chi connectivity index (χ0) is 15.9. The summed E-state index contributed by atoms with van der Waals surface area (Å²) in [7, 11) is 6.02. The molecule has 2 aromatic rings. The van der Waals surface area contributed by atoms with E-state index in [2.05, 4.69) is 0 Å². The van der Waals surface area contributed by atoms with Gasteiger partial charge in [-0.15, -0.1) is 0 Å². The summed E-state index contributed by atoms with van der Waals surface area (Å²) < 4.78 is 32.8. The van der Waals surface area contributed by atoms with Crippen molar-refractivity contribution in [3.63, 3.8) is 0 Å². The minimum atomic E-state index is -0.589. The molecule has 0 aliphatic carbocycles. The third kappa shape index (κ3) is 2.73. The molecule has 0 amide bonds. The predicted molar refractivity (Wildman–Crippen MR) is 83.1 cm³/mol. The van der Waals surface area contributed by atoms with Crippen LogP contribution in [0.2, 0.25) is 0 Å².